The van der Waals surface area contributed by atoms with Crippen LogP contribution in [0.2, 0.25) is 0 Å². The van der Waals surface area contributed by atoms with E-state index in [9.17, 15) is 13.2 Å². The van der Waals surface area contributed by atoms with Gasteiger partial charge < -0.3 is 4.74 Å². The molecule has 0 aliphatic carbocycles. The second kappa shape index (κ2) is 9.10. The van der Waals surface area contributed by atoms with Crippen molar-refractivity contribution in [2.45, 2.75) is 11.5 Å². The summed E-state index contributed by atoms with van der Waals surface area (Å²) in [6, 6.07) is 25.0. The number of carbonyl (C=O) groups excluding carboxylic acids is 1. The van der Waals surface area contributed by atoms with Gasteiger partial charge in [-0.3, -0.25) is 0 Å². The highest BCUT2D eigenvalue weighted by molar-refractivity contribution is 9.10. The number of carbonyl (C=O) groups is 1. The molecule has 4 rings (SSSR count). The summed E-state index contributed by atoms with van der Waals surface area (Å²) >= 11 is 3.38. The standard InChI is InChI=1S/C24H19BrN2O4S/c1-32(29,30)21-13-11-20(12-14-21)27-23(18-5-3-2-4-6-18)15-22(26-27)24(28)31-16-17-7-9-19(25)10-8-17/h2-15H,16H2,1H3. The van der Waals surface area contributed by atoms with Crippen molar-refractivity contribution in [1.29, 1.82) is 0 Å². The van der Waals surface area contributed by atoms with Gasteiger partial charge in [0, 0.05) is 16.3 Å². The first kappa shape index (κ1) is 22.0. The second-order valence-corrected chi connectivity index (χ2v) is 10.1. The smallest absolute Gasteiger partial charge is 0.359 e. The number of nitrogens with zero attached hydrogens (tertiary/aromatic N) is 2. The molecule has 0 aliphatic rings. The van der Waals surface area contributed by atoms with E-state index in [1.807, 2.05) is 54.6 Å². The third-order valence-electron chi connectivity index (χ3n) is 4.78. The van der Waals surface area contributed by atoms with Gasteiger partial charge in [-0.1, -0.05) is 58.4 Å². The zero-order valence-electron chi connectivity index (χ0n) is 17.1. The van der Waals surface area contributed by atoms with Crippen molar-refractivity contribution < 1.29 is 17.9 Å². The molecule has 0 saturated heterocycles. The zero-order chi connectivity index (χ0) is 22.7. The van der Waals surface area contributed by atoms with Gasteiger partial charge in [0.05, 0.1) is 16.3 Å². The molecule has 8 heteroatoms. The molecule has 0 bridgehead atoms. The van der Waals surface area contributed by atoms with Gasteiger partial charge in [0.2, 0.25) is 0 Å². The molecule has 0 atom stereocenters. The van der Waals surface area contributed by atoms with Crippen molar-refractivity contribution in [1.82, 2.24) is 9.78 Å². The lowest BCUT2D eigenvalue weighted by Crippen LogP contribution is -2.07. The first-order valence-corrected chi connectivity index (χ1v) is 12.4. The van der Waals surface area contributed by atoms with Crippen LogP contribution in [0.1, 0.15) is 16.1 Å². The van der Waals surface area contributed by atoms with Crippen LogP contribution in [0.3, 0.4) is 0 Å². The Labute approximate surface area is 194 Å². The fourth-order valence-electron chi connectivity index (χ4n) is 3.13. The van der Waals surface area contributed by atoms with Gasteiger partial charge in [0.25, 0.3) is 0 Å². The van der Waals surface area contributed by atoms with E-state index >= 15 is 0 Å². The summed E-state index contributed by atoms with van der Waals surface area (Å²) in [7, 11) is -3.32. The SMILES string of the molecule is CS(=O)(=O)c1ccc(-n2nc(C(=O)OCc3ccc(Br)cc3)cc2-c2ccccc2)cc1. The molecule has 0 radical (unpaired) electrons. The number of rotatable bonds is 6. The lowest BCUT2D eigenvalue weighted by atomic mass is 10.1. The fraction of sp³-hybridized carbons (Fsp3) is 0.0833. The Morgan fingerprint density at radius 3 is 2.25 bits per heavy atom. The van der Waals surface area contributed by atoms with Crippen molar-refractivity contribution in [3.05, 3.63) is 101 Å². The van der Waals surface area contributed by atoms with Gasteiger partial charge in [-0.15, -0.1) is 0 Å². The summed E-state index contributed by atoms with van der Waals surface area (Å²) in [5.74, 6) is -0.545. The first-order chi connectivity index (χ1) is 15.3. The monoisotopic (exact) mass is 510 g/mol. The first-order valence-electron chi connectivity index (χ1n) is 9.69. The Kier molecular flexibility index (Phi) is 6.25. The molecule has 0 unspecified atom stereocenters. The number of halogens is 1. The van der Waals surface area contributed by atoms with E-state index in [-0.39, 0.29) is 17.2 Å². The molecule has 0 fully saturated rings. The normalized spacial score (nSPS) is 11.3. The minimum absolute atomic E-state index is 0.128. The van der Waals surface area contributed by atoms with Crippen LogP contribution in [-0.4, -0.2) is 30.4 Å². The average molecular weight is 511 g/mol. The Hall–Kier alpha value is -3.23. The minimum atomic E-state index is -3.32. The van der Waals surface area contributed by atoms with Crippen LogP contribution in [0.4, 0.5) is 0 Å². The van der Waals surface area contributed by atoms with Crippen molar-refractivity contribution in [3.8, 4) is 16.9 Å². The van der Waals surface area contributed by atoms with Crippen LogP contribution in [0.5, 0.6) is 0 Å². The van der Waals surface area contributed by atoms with Gasteiger partial charge in [-0.05, 0) is 48.0 Å². The summed E-state index contributed by atoms with van der Waals surface area (Å²) in [6.45, 7) is 0.128. The van der Waals surface area contributed by atoms with Crippen molar-refractivity contribution in [3.63, 3.8) is 0 Å². The summed E-state index contributed by atoms with van der Waals surface area (Å²) < 4.78 is 31.6. The quantitative estimate of drug-likeness (QED) is 0.338. The summed E-state index contributed by atoms with van der Waals surface area (Å²) in [5, 5.41) is 4.46. The van der Waals surface area contributed by atoms with E-state index in [2.05, 4.69) is 21.0 Å². The van der Waals surface area contributed by atoms with Crippen LogP contribution in [-0.2, 0) is 21.2 Å². The molecule has 32 heavy (non-hydrogen) atoms. The minimum Gasteiger partial charge on any atom is -0.456 e. The molecule has 6 nitrogen and oxygen atoms in total. The van der Waals surface area contributed by atoms with Gasteiger partial charge in [0.1, 0.15) is 6.61 Å². The third-order valence-corrected chi connectivity index (χ3v) is 6.44. The van der Waals surface area contributed by atoms with Crippen LogP contribution in [0.15, 0.2) is 94.3 Å². The second-order valence-electron chi connectivity index (χ2n) is 7.16. The maximum atomic E-state index is 12.7. The molecule has 0 aliphatic heterocycles. The Morgan fingerprint density at radius 2 is 1.62 bits per heavy atom. The number of sulfone groups is 1. The highest BCUT2D eigenvalue weighted by atomic mass is 79.9. The van der Waals surface area contributed by atoms with Crippen molar-refractivity contribution in [2.24, 2.45) is 0 Å². The molecular weight excluding hydrogens is 492 g/mol. The predicted octanol–water partition coefficient (Wildman–Crippen LogP) is 5.06. The Bertz CT molecular complexity index is 1350. The fourth-order valence-corrected chi connectivity index (χ4v) is 4.03. The zero-order valence-corrected chi connectivity index (χ0v) is 19.5. The third kappa shape index (κ3) is 4.98. The highest BCUT2D eigenvalue weighted by Gasteiger charge is 2.18. The molecule has 0 saturated carbocycles. The lowest BCUT2D eigenvalue weighted by Gasteiger charge is -2.08. The molecule has 0 spiro atoms. The van der Waals surface area contributed by atoms with Crippen LogP contribution < -0.4 is 0 Å². The molecule has 0 N–H and O–H groups in total. The van der Waals surface area contributed by atoms with Crippen molar-refractivity contribution in [2.75, 3.05) is 6.26 Å². The maximum Gasteiger partial charge on any atom is 0.359 e. The number of ether oxygens (including phenoxy) is 1. The van der Waals surface area contributed by atoms with E-state index in [1.165, 1.54) is 12.1 Å². The largest absolute Gasteiger partial charge is 0.456 e. The number of hydrogen-bond acceptors (Lipinski definition) is 5. The van der Waals surface area contributed by atoms with Crippen LogP contribution >= 0.6 is 15.9 Å². The van der Waals surface area contributed by atoms with Gasteiger partial charge in [-0.2, -0.15) is 5.10 Å². The molecule has 162 valence electrons. The predicted molar refractivity (Wildman–Crippen MR) is 125 cm³/mol. The topological polar surface area (TPSA) is 78.3 Å². The number of hydrogen-bond donors (Lipinski definition) is 0. The summed E-state index contributed by atoms with van der Waals surface area (Å²) in [4.78, 5) is 12.9. The number of benzene rings is 3. The molecular formula is C24H19BrN2O4S. The molecule has 1 aromatic heterocycles. The molecule has 3 aromatic carbocycles. The number of aromatic nitrogens is 2. The summed E-state index contributed by atoms with van der Waals surface area (Å²) in [6.07, 6.45) is 1.16. The van der Waals surface area contributed by atoms with Crippen LogP contribution in [0.25, 0.3) is 16.9 Å². The van der Waals surface area contributed by atoms with E-state index in [4.69, 9.17) is 4.74 Å². The highest BCUT2D eigenvalue weighted by Crippen LogP contribution is 2.25. The number of esters is 1. The Balaban J connectivity index is 1.66. The van der Waals surface area contributed by atoms with Crippen molar-refractivity contribution >= 4 is 31.7 Å². The molecule has 0 amide bonds. The molecule has 4 aromatic rings. The summed E-state index contributed by atoms with van der Waals surface area (Å²) in [5.41, 5.74) is 3.20. The maximum absolute atomic E-state index is 12.7. The van der Waals surface area contributed by atoms with Gasteiger partial charge >= 0.3 is 5.97 Å². The van der Waals surface area contributed by atoms with E-state index in [0.29, 0.717) is 11.4 Å². The van der Waals surface area contributed by atoms with E-state index in [0.717, 1.165) is 21.9 Å². The average Bonchev–Trinajstić information content (AvgIpc) is 3.24. The Morgan fingerprint density at radius 1 is 0.969 bits per heavy atom. The van der Waals surface area contributed by atoms with Gasteiger partial charge in [-0.25, -0.2) is 17.9 Å². The lowest BCUT2D eigenvalue weighted by molar-refractivity contribution is 0.0465. The van der Waals surface area contributed by atoms with Gasteiger partial charge in [0.15, 0.2) is 15.5 Å². The molecule has 1 heterocycles. The van der Waals surface area contributed by atoms with E-state index in [1.54, 1.807) is 22.9 Å². The van der Waals surface area contributed by atoms with Crippen LogP contribution in [0, 0.1) is 0 Å². The van der Waals surface area contributed by atoms with E-state index < -0.39 is 15.8 Å².